The molecule has 188 valence electrons. The Labute approximate surface area is 209 Å². The van der Waals surface area contributed by atoms with E-state index in [2.05, 4.69) is 21.8 Å². The number of alkyl halides is 3. The maximum atomic E-state index is 13.9. The summed E-state index contributed by atoms with van der Waals surface area (Å²) in [6, 6.07) is 9.87. The first-order valence-corrected chi connectivity index (χ1v) is 11.0. The van der Waals surface area contributed by atoms with Crippen LogP contribution in [0.3, 0.4) is 0 Å². The number of anilines is 1. The van der Waals surface area contributed by atoms with E-state index < -0.39 is 29.0 Å². The van der Waals surface area contributed by atoms with Crippen molar-refractivity contribution in [3.8, 4) is 11.1 Å². The molecule has 0 radical (unpaired) electrons. The molecular formula is C27H21F4N5O. The summed E-state index contributed by atoms with van der Waals surface area (Å²) in [7, 11) is 1.33. The van der Waals surface area contributed by atoms with Gasteiger partial charge in [0.15, 0.2) is 5.65 Å². The van der Waals surface area contributed by atoms with Crippen molar-refractivity contribution < 1.29 is 22.4 Å². The Bertz CT molecular complexity index is 1530. The van der Waals surface area contributed by atoms with Crippen molar-refractivity contribution in [2.75, 3.05) is 11.9 Å². The summed E-state index contributed by atoms with van der Waals surface area (Å²) in [4.78, 5) is 22.4. The minimum absolute atomic E-state index is 0.247. The molecule has 0 atom stereocenters. The van der Waals surface area contributed by atoms with Gasteiger partial charge in [0.25, 0.3) is 5.91 Å². The Kier molecular flexibility index (Phi) is 7.01. The zero-order valence-electron chi connectivity index (χ0n) is 19.9. The van der Waals surface area contributed by atoms with Gasteiger partial charge in [-0.3, -0.25) is 9.79 Å². The van der Waals surface area contributed by atoms with E-state index in [0.29, 0.717) is 22.5 Å². The Morgan fingerprint density at radius 3 is 2.54 bits per heavy atom. The standard InChI is InChI=1S/C27H21F4N5O/c1-17(5-4-13-32-2)24-16-33-25-21(12-14-34-36(24)25)18-6-11-23(27(29,30)31)22(15-18)26(37)35(3)20-9-7-19(28)8-10-20/h4-16H,2H2,1,3H3/b13-4-,17-5+. The number of imidazole rings is 1. The number of benzene rings is 2. The lowest BCUT2D eigenvalue weighted by atomic mass is 9.98. The lowest BCUT2D eigenvalue weighted by Crippen LogP contribution is -2.28. The molecule has 0 aliphatic heterocycles. The van der Waals surface area contributed by atoms with Gasteiger partial charge < -0.3 is 4.90 Å². The maximum absolute atomic E-state index is 13.9. The molecule has 6 nitrogen and oxygen atoms in total. The molecule has 0 aliphatic carbocycles. The van der Waals surface area contributed by atoms with E-state index in [4.69, 9.17) is 0 Å². The smallest absolute Gasteiger partial charge is 0.311 e. The average molecular weight is 507 g/mol. The molecule has 37 heavy (non-hydrogen) atoms. The predicted octanol–water partition coefficient (Wildman–Crippen LogP) is 6.45. The van der Waals surface area contributed by atoms with Crippen molar-refractivity contribution >= 4 is 29.5 Å². The van der Waals surface area contributed by atoms with Crippen LogP contribution in [-0.4, -0.2) is 34.3 Å². The number of nitrogens with zero attached hydrogens (tertiary/aromatic N) is 5. The molecule has 0 spiro atoms. The summed E-state index contributed by atoms with van der Waals surface area (Å²) >= 11 is 0. The zero-order valence-corrected chi connectivity index (χ0v) is 19.9. The maximum Gasteiger partial charge on any atom is 0.417 e. The Morgan fingerprint density at radius 2 is 1.86 bits per heavy atom. The molecule has 4 rings (SSSR count). The van der Waals surface area contributed by atoms with Crippen molar-refractivity contribution in [3.05, 3.63) is 102 Å². The lowest BCUT2D eigenvalue weighted by Gasteiger charge is -2.21. The summed E-state index contributed by atoms with van der Waals surface area (Å²) in [5.74, 6) is -1.42. The average Bonchev–Trinajstić information content (AvgIpc) is 3.32. The molecule has 10 heteroatoms. The normalized spacial score (nSPS) is 12.3. The summed E-state index contributed by atoms with van der Waals surface area (Å²) in [6.45, 7) is 5.23. The SMILES string of the molecule is C=N/C=C\C=C(/C)c1cnc2c(-c3ccc(C(F)(F)F)c(C(=O)N(C)c4ccc(F)cc4)c3)ccnn12. The third kappa shape index (κ3) is 5.18. The molecule has 0 unspecified atom stereocenters. The number of fused-ring (bicyclic) bond motifs is 1. The molecule has 0 saturated heterocycles. The second kappa shape index (κ2) is 10.2. The summed E-state index contributed by atoms with van der Waals surface area (Å²) in [5.41, 5.74) is 1.36. The molecule has 1 amide bonds. The largest absolute Gasteiger partial charge is 0.417 e. The van der Waals surface area contributed by atoms with E-state index in [0.717, 1.165) is 28.7 Å². The van der Waals surface area contributed by atoms with Gasteiger partial charge in [0, 0.05) is 30.7 Å². The van der Waals surface area contributed by atoms with E-state index in [9.17, 15) is 22.4 Å². The second-order valence-corrected chi connectivity index (χ2v) is 8.10. The highest BCUT2D eigenvalue weighted by molar-refractivity contribution is 6.07. The summed E-state index contributed by atoms with van der Waals surface area (Å²) < 4.78 is 56.5. The van der Waals surface area contributed by atoms with Crippen LogP contribution in [0.5, 0.6) is 0 Å². The first-order chi connectivity index (χ1) is 17.6. The number of halogens is 4. The molecule has 0 fully saturated rings. The van der Waals surface area contributed by atoms with Gasteiger partial charge in [-0.15, -0.1) is 0 Å². The number of allylic oxidation sites excluding steroid dienone is 3. The molecule has 0 bridgehead atoms. The third-order valence-corrected chi connectivity index (χ3v) is 5.73. The topological polar surface area (TPSA) is 62.9 Å². The number of amides is 1. The lowest BCUT2D eigenvalue weighted by molar-refractivity contribution is -0.137. The highest BCUT2D eigenvalue weighted by Gasteiger charge is 2.36. The number of carbonyl (C=O) groups excluding carboxylic acids is 1. The molecule has 0 aliphatic rings. The van der Waals surface area contributed by atoms with Crippen LogP contribution < -0.4 is 4.90 Å². The highest BCUT2D eigenvalue weighted by Crippen LogP contribution is 2.36. The molecule has 2 aromatic carbocycles. The van der Waals surface area contributed by atoms with Gasteiger partial charge in [-0.05, 0) is 73.3 Å². The van der Waals surface area contributed by atoms with E-state index >= 15 is 0 Å². The molecule has 2 heterocycles. The number of aromatic nitrogens is 3. The minimum atomic E-state index is -4.77. The molecule has 0 saturated carbocycles. The fraction of sp³-hybridized carbons (Fsp3) is 0.111. The number of hydrogen-bond donors (Lipinski definition) is 0. The van der Waals surface area contributed by atoms with Gasteiger partial charge in [-0.2, -0.15) is 18.3 Å². The van der Waals surface area contributed by atoms with Crippen LogP contribution >= 0.6 is 0 Å². The van der Waals surface area contributed by atoms with Crippen LogP contribution in [0.4, 0.5) is 23.2 Å². The van der Waals surface area contributed by atoms with E-state index in [1.165, 1.54) is 43.7 Å². The molecule has 4 aromatic rings. The van der Waals surface area contributed by atoms with Gasteiger partial charge in [0.1, 0.15) is 5.82 Å². The fourth-order valence-electron chi connectivity index (χ4n) is 3.82. The molecule has 0 N–H and O–H groups in total. The van der Waals surface area contributed by atoms with Gasteiger partial charge in [0.2, 0.25) is 0 Å². The Morgan fingerprint density at radius 1 is 1.14 bits per heavy atom. The monoisotopic (exact) mass is 507 g/mol. The number of rotatable bonds is 6. The van der Waals surface area contributed by atoms with Crippen molar-refractivity contribution in [1.29, 1.82) is 0 Å². The van der Waals surface area contributed by atoms with E-state index in [1.54, 1.807) is 28.9 Å². The van der Waals surface area contributed by atoms with Gasteiger partial charge in [0.05, 0.1) is 23.0 Å². The predicted molar refractivity (Wildman–Crippen MR) is 135 cm³/mol. The quantitative estimate of drug-likeness (QED) is 0.171. The number of carbonyl (C=O) groups is 1. The van der Waals surface area contributed by atoms with Crippen LogP contribution in [0.15, 0.2) is 84.3 Å². The Hall–Kier alpha value is -4.60. The van der Waals surface area contributed by atoms with Crippen LogP contribution in [0.25, 0.3) is 22.3 Å². The van der Waals surface area contributed by atoms with Crippen LogP contribution in [0.1, 0.15) is 28.5 Å². The van der Waals surface area contributed by atoms with Crippen molar-refractivity contribution in [1.82, 2.24) is 14.6 Å². The van der Waals surface area contributed by atoms with Crippen LogP contribution in [0.2, 0.25) is 0 Å². The second-order valence-electron chi connectivity index (χ2n) is 8.10. The highest BCUT2D eigenvalue weighted by atomic mass is 19.4. The summed E-state index contributed by atoms with van der Waals surface area (Å²) in [5, 5.41) is 4.33. The van der Waals surface area contributed by atoms with Crippen LogP contribution in [0, 0.1) is 5.82 Å². The van der Waals surface area contributed by atoms with Gasteiger partial charge in [-0.1, -0.05) is 12.1 Å². The van der Waals surface area contributed by atoms with Crippen molar-refractivity contribution in [2.45, 2.75) is 13.1 Å². The van der Waals surface area contributed by atoms with E-state index in [1.807, 2.05) is 6.92 Å². The Balaban J connectivity index is 1.82. The fourth-order valence-corrected chi connectivity index (χ4v) is 3.82. The van der Waals surface area contributed by atoms with Gasteiger partial charge >= 0.3 is 6.18 Å². The molecular weight excluding hydrogens is 486 g/mol. The number of hydrogen-bond acceptors (Lipinski definition) is 4. The summed E-state index contributed by atoms with van der Waals surface area (Å²) in [6.07, 6.45) is 3.37. The van der Waals surface area contributed by atoms with E-state index in [-0.39, 0.29) is 5.69 Å². The van der Waals surface area contributed by atoms with Gasteiger partial charge in [-0.25, -0.2) is 13.9 Å². The number of aliphatic imine (C=N–C) groups is 1. The first-order valence-electron chi connectivity index (χ1n) is 11.0. The van der Waals surface area contributed by atoms with Crippen LogP contribution in [-0.2, 0) is 6.18 Å². The molecule has 2 aromatic heterocycles. The van der Waals surface area contributed by atoms with Crippen molar-refractivity contribution in [3.63, 3.8) is 0 Å². The first kappa shape index (κ1) is 25.5. The minimum Gasteiger partial charge on any atom is -0.311 e. The third-order valence-electron chi connectivity index (χ3n) is 5.73. The zero-order chi connectivity index (χ0) is 26.7. The van der Waals surface area contributed by atoms with Crippen molar-refractivity contribution in [2.24, 2.45) is 4.99 Å².